The van der Waals surface area contributed by atoms with Crippen LogP contribution in [0.4, 0.5) is 0 Å². The van der Waals surface area contributed by atoms with E-state index in [-0.39, 0.29) is 10.8 Å². The van der Waals surface area contributed by atoms with Crippen LogP contribution >= 0.6 is 0 Å². The summed E-state index contributed by atoms with van der Waals surface area (Å²) in [7, 11) is 1.77. The molecule has 1 aromatic carbocycles. The van der Waals surface area contributed by atoms with E-state index in [4.69, 9.17) is 4.74 Å². The summed E-state index contributed by atoms with van der Waals surface area (Å²) in [4.78, 5) is 0. The summed E-state index contributed by atoms with van der Waals surface area (Å²) in [6, 6.07) is 7.33. The number of aryl methyl sites for hydroxylation is 1. The van der Waals surface area contributed by atoms with Gasteiger partial charge in [-0.15, -0.1) is 0 Å². The van der Waals surface area contributed by atoms with Gasteiger partial charge >= 0.3 is 0 Å². The lowest BCUT2D eigenvalue weighted by Crippen LogP contribution is -2.48. The van der Waals surface area contributed by atoms with Crippen molar-refractivity contribution in [2.24, 2.45) is 11.3 Å². The van der Waals surface area contributed by atoms with Crippen molar-refractivity contribution < 1.29 is 4.74 Å². The third-order valence-corrected chi connectivity index (χ3v) is 6.58. The van der Waals surface area contributed by atoms with Gasteiger partial charge in [0.25, 0.3) is 0 Å². The quantitative estimate of drug-likeness (QED) is 0.737. The summed E-state index contributed by atoms with van der Waals surface area (Å²) in [5.74, 6) is 1.94. The van der Waals surface area contributed by atoms with Crippen molar-refractivity contribution >= 4 is 0 Å². The lowest BCUT2D eigenvalue weighted by atomic mass is 9.50. The van der Waals surface area contributed by atoms with Crippen LogP contribution in [-0.2, 0) is 11.8 Å². The Bertz CT molecular complexity index is 657. The summed E-state index contributed by atoms with van der Waals surface area (Å²) >= 11 is 0. The van der Waals surface area contributed by atoms with E-state index in [0.717, 1.165) is 31.4 Å². The van der Waals surface area contributed by atoms with Gasteiger partial charge in [0.2, 0.25) is 0 Å². The normalized spacial score (nSPS) is 32.8. The number of methoxy groups -OCH3 is 1. The fourth-order valence-corrected chi connectivity index (χ4v) is 5.28. The Morgan fingerprint density at radius 3 is 2.61 bits per heavy atom. The number of hydrogen-bond acceptors (Lipinski definition) is 2. The lowest BCUT2D eigenvalue weighted by Gasteiger charge is -2.53. The van der Waals surface area contributed by atoms with Gasteiger partial charge in [0.05, 0.1) is 18.6 Å². The molecule has 1 fully saturated rings. The summed E-state index contributed by atoms with van der Waals surface area (Å²) in [6.45, 7) is 9.02. The Balaban J connectivity index is 2.15. The zero-order valence-corrected chi connectivity index (χ0v) is 15.2. The summed E-state index contributed by atoms with van der Waals surface area (Å²) in [5, 5.41) is 9.79. The van der Waals surface area contributed by atoms with E-state index < -0.39 is 0 Å². The highest BCUT2D eigenvalue weighted by atomic mass is 16.5. The number of nitriles is 1. The predicted molar refractivity (Wildman–Crippen MR) is 93.8 cm³/mol. The van der Waals surface area contributed by atoms with E-state index >= 15 is 0 Å². The maximum atomic E-state index is 9.79. The molecule has 0 spiro atoms. The van der Waals surface area contributed by atoms with E-state index in [2.05, 4.69) is 45.9 Å². The summed E-state index contributed by atoms with van der Waals surface area (Å²) < 4.78 is 5.71. The Kier molecular flexibility index (Phi) is 3.95. The fourth-order valence-electron chi connectivity index (χ4n) is 5.28. The molecule has 0 aliphatic heterocycles. The number of hydrogen-bond donors (Lipinski definition) is 0. The number of fused-ring (bicyclic) bond motifs is 3. The number of nitrogens with zero attached hydrogens (tertiary/aromatic N) is 1. The third kappa shape index (κ3) is 2.36. The van der Waals surface area contributed by atoms with E-state index in [0.29, 0.717) is 11.8 Å². The molecule has 0 amide bonds. The molecule has 2 aliphatic carbocycles. The van der Waals surface area contributed by atoms with Crippen molar-refractivity contribution in [3.63, 3.8) is 0 Å². The second kappa shape index (κ2) is 5.55. The van der Waals surface area contributed by atoms with E-state index in [1.54, 1.807) is 7.11 Å². The molecule has 1 saturated carbocycles. The molecule has 124 valence electrons. The highest BCUT2D eigenvalue weighted by molar-refractivity contribution is 5.49. The second-order valence-corrected chi connectivity index (χ2v) is 8.30. The van der Waals surface area contributed by atoms with Crippen LogP contribution in [0.2, 0.25) is 0 Å². The molecule has 2 nitrogen and oxygen atoms in total. The monoisotopic (exact) mass is 311 g/mol. The average molecular weight is 311 g/mol. The zero-order chi connectivity index (χ0) is 16.8. The molecule has 3 rings (SSSR count). The fraction of sp³-hybridized carbons (Fsp3) is 0.667. The standard InChI is InChI=1S/C21H29NO/c1-14(2)16-11-15-7-8-19-20(3,13-22)9-6-10-21(19,4)17(15)12-18(16)23-5/h11-12,14,19H,6-10H2,1-5H3/t19-,20+,21+/m0/s1. The third-order valence-electron chi connectivity index (χ3n) is 6.58. The van der Waals surface area contributed by atoms with Gasteiger partial charge in [0.1, 0.15) is 5.75 Å². The molecule has 23 heavy (non-hydrogen) atoms. The van der Waals surface area contributed by atoms with E-state index in [9.17, 15) is 5.26 Å². The van der Waals surface area contributed by atoms with Gasteiger partial charge in [-0.25, -0.2) is 0 Å². The van der Waals surface area contributed by atoms with Crippen molar-refractivity contribution in [1.82, 2.24) is 0 Å². The first-order valence-electron chi connectivity index (χ1n) is 8.98. The van der Waals surface area contributed by atoms with Crippen LogP contribution in [0.15, 0.2) is 12.1 Å². The average Bonchev–Trinajstić information content (AvgIpc) is 2.53. The van der Waals surface area contributed by atoms with Gasteiger partial charge in [0, 0.05) is 0 Å². The molecule has 0 bridgehead atoms. The van der Waals surface area contributed by atoms with Crippen LogP contribution in [0.25, 0.3) is 0 Å². The lowest BCUT2D eigenvalue weighted by molar-refractivity contribution is 0.0686. The van der Waals surface area contributed by atoms with Gasteiger partial charge in [-0.3, -0.25) is 0 Å². The molecule has 3 atom stereocenters. The SMILES string of the molecule is COc1cc2c(cc1C(C)C)CC[C@H]1[C@@](C)(C#N)CCC[C@]21C. The molecule has 0 aromatic heterocycles. The molecular formula is C21H29NO. The first-order valence-corrected chi connectivity index (χ1v) is 8.98. The van der Waals surface area contributed by atoms with Gasteiger partial charge in [-0.2, -0.15) is 5.26 Å². The summed E-state index contributed by atoms with van der Waals surface area (Å²) in [6.07, 6.45) is 5.60. The minimum Gasteiger partial charge on any atom is -0.496 e. The topological polar surface area (TPSA) is 33.0 Å². The Morgan fingerprint density at radius 1 is 1.26 bits per heavy atom. The summed E-state index contributed by atoms with van der Waals surface area (Å²) in [5.41, 5.74) is 4.16. The zero-order valence-electron chi connectivity index (χ0n) is 15.2. The van der Waals surface area contributed by atoms with Gasteiger partial charge in [0.15, 0.2) is 0 Å². The van der Waals surface area contributed by atoms with Crippen LogP contribution in [-0.4, -0.2) is 7.11 Å². The molecule has 0 radical (unpaired) electrons. The Hall–Kier alpha value is -1.49. The molecule has 0 heterocycles. The van der Waals surface area contributed by atoms with Gasteiger partial charge < -0.3 is 4.74 Å². The van der Waals surface area contributed by atoms with Crippen LogP contribution in [0.3, 0.4) is 0 Å². The van der Waals surface area contributed by atoms with Crippen molar-refractivity contribution in [2.45, 2.75) is 71.1 Å². The minimum absolute atomic E-state index is 0.110. The molecule has 2 heteroatoms. The number of ether oxygens (including phenoxy) is 1. The van der Waals surface area contributed by atoms with Crippen LogP contribution in [0.1, 0.15) is 76.0 Å². The first-order chi connectivity index (χ1) is 10.9. The van der Waals surface area contributed by atoms with Crippen LogP contribution in [0.5, 0.6) is 5.75 Å². The van der Waals surface area contributed by atoms with E-state index in [1.165, 1.54) is 23.1 Å². The first kappa shape index (κ1) is 16.4. The highest BCUT2D eigenvalue weighted by Crippen LogP contribution is 2.57. The maximum absolute atomic E-state index is 9.79. The predicted octanol–water partition coefficient (Wildman–Crippen LogP) is 5.35. The molecule has 0 N–H and O–H groups in total. The smallest absolute Gasteiger partial charge is 0.122 e. The van der Waals surface area contributed by atoms with Gasteiger partial charge in [-0.1, -0.05) is 33.3 Å². The van der Waals surface area contributed by atoms with E-state index in [1.807, 2.05) is 0 Å². The second-order valence-electron chi connectivity index (χ2n) is 8.30. The number of benzene rings is 1. The Labute approximate surface area is 140 Å². The van der Waals surface area contributed by atoms with Crippen LogP contribution in [0, 0.1) is 22.7 Å². The molecule has 2 aliphatic rings. The largest absolute Gasteiger partial charge is 0.496 e. The molecule has 1 aromatic rings. The van der Waals surface area contributed by atoms with Crippen molar-refractivity contribution in [3.8, 4) is 11.8 Å². The molecule has 0 unspecified atom stereocenters. The van der Waals surface area contributed by atoms with Crippen molar-refractivity contribution in [3.05, 3.63) is 28.8 Å². The van der Waals surface area contributed by atoms with Crippen molar-refractivity contribution in [2.75, 3.05) is 7.11 Å². The Morgan fingerprint density at radius 2 is 2.00 bits per heavy atom. The van der Waals surface area contributed by atoms with Gasteiger partial charge in [-0.05, 0) is 72.6 Å². The maximum Gasteiger partial charge on any atom is 0.122 e. The molecule has 0 saturated heterocycles. The van der Waals surface area contributed by atoms with Crippen molar-refractivity contribution in [1.29, 1.82) is 5.26 Å². The van der Waals surface area contributed by atoms with Crippen LogP contribution < -0.4 is 4.74 Å². The minimum atomic E-state index is -0.186. The highest BCUT2D eigenvalue weighted by Gasteiger charge is 2.52. The number of rotatable bonds is 2. The molecular weight excluding hydrogens is 282 g/mol.